The molecule has 0 aliphatic rings. The highest BCUT2D eigenvalue weighted by Gasteiger charge is 2.07. The maximum Gasteiger partial charge on any atom is 0.161 e. The summed E-state index contributed by atoms with van der Waals surface area (Å²) in [4.78, 5) is 2.89. The highest BCUT2D eigenvalue weighted by Crippen LogP contribution is 2.25. The molecule has 0 amide bonds. The summed E-state index contributed by atoms with van der Waals surface area (Å²) in [7, 11) is 0. The zero-order valence-electron chi connectivity index (χ0n) is 9.77. The van der Waals surface area contributed by atoms with Gasteiger partial charge in [-0.1, -0.05) is 24.3 Å². The summed E-state index contributed by atoms with van der Waals surface area (Å²) in [5, 5.41) is 7.58. The molecular formula is C14H9F2N3. The Labute approximate surface area is 107 Å². The SMILES string of the molecule is Fc1ccc(-c2ccc(-c3nnc[nH]3)cc2)c(F)c1. The zero-order chi connectivity index (χ0) is 13.2. The topological polar surface area (TPSA) is 41.6 Å². The van der Waals surface area contributed by atoms with Crippen molar-refractivity contribution in [2.75, 3.05) is 0 Å². The summed E-state index contributed by atoms with van der Waals surface area (Å²) in [6, 6.07) is 10.7. The molecule has 5 heteroatoms. The monoisotopic (exact) mass is 257 g/mol. The number of hydrogen-bond donors (Lipinski definition) is 1. The van der Waals surface area contributed by atoms with Gasteiger partial charge in [0.25, 0.3) is 0 Å². The molecule has 1 N–H and O–H groups in total. The molecule has 0 saturated heterocycles. The van der Waals surface area contributed by atoms with Crippen molar-refractivity contribution in [3.8, 4) is 22.5 Å². The van der Waals surface area contributed by atoms with Gasteiger partial charge in [0.15, 0.2) is 5.82 Å². The Hall–Kier alpha value is -2.56. The van der Waals surface area contributed by atoms with Crippen LogP contribution in [0, 0.1) is 11.6 Å². The molecule has 0 spiro atoms. The lowest BCUT2D eigenvalue weighted by atomic mass is 10.0. The molecule has 19 heavy (non-hydrogen) atoms. The van der Waals surface area contributed by atoms with Crippen molar-refractivity contribution in [3.05, 3.63) is 60.4 Å². The maximum atomic E-state index is 13.6. The normalized spacial score (nSPS) is 10.6. The van der Waals surface area contributed by atoms with Crippen LogP contribution in [0.15, 0.2) is 48.8 Å². The molecule has 0 atom stereocenters. The van der Waals surface area contributed by atoms with Crippen LogP contribution in [0.3, 0.4) is 0 Å². The molecule has 0 saturated carbocycles. The first-order valence-corrected chi connectivity index (χ1v) is 5.66. The summed E-state index contributed by atoms with van der Waals surface area (Å²) < 4.78 is 26.5. The summed E-state index contributed by atoms with van der Waals surface area (Å²) >= 11 is 0. The van der Waals surface area contributed by atoms with E-state index < -0.39 is 11.6 Å². The van der Waals surface area contributed by atoms with Gasteiger partial charge in [0.05, 0.1) is 0 Å². The van der Waals surface area contributed by atoms with Gasteiger partial charge in [0.2, 0.25) is 0 Å². The third kappa shape index (κ3) is 2.22. The van der Waals surface area contributed by atoms with E-state index in [0.717, 1.165) is 11.6 Å². The molecule has 0 bridgehead atoms. The average Bonchev–Trinajstić information content (AvgIpc) is 2.93. The fraction of sp³-hybridized carbons (Fsp3) is 0. The molecule has 3 aromatic rings. The number of rotatable bonds is 2. The third-order valence-electron chi connectivity index (χ3n) is 2.82. The number of aromatic amines is 1. The Morgan fingerprint density at radius 3 is 2.26 bits per heavy atom. The first-order valence-electron chi connectivity index (χ1n) is 5.66. The number of nitrogens with one attached hydrogen (secondary N) is 1. The predicted molar refractivity (Wildman–Crippen MR) is 67.2 cm³/mol. The van der Waals surface area contributed by atoms with Crippen LogP contribution in [0.4, 0.5) is 8.78 Å². The third-order valence-corrected chi connectivity index (χ3v) is 2.82. The fourth-order valence-electron chi connectivity index (χ4n) is 1.88. The zero-order valence-corrected chi connectivity index (χ0v) is 9.77. The molecule has 1 aromatic heterocycles. The number of benzene rings is 2. The van der Waals surface area contributed by atoms with Crippen LogP contribution in [-0.2, 0) is 0 Å². The predicted octanol–water partition coefficient (Wildman–Crippen LogP) is 3.42. The average molecular weight is 257 g/mol. The van der Waals surface area contributed by atoms with Crippen LogP contribution in [0.5, 0.6) is 0 Å². The van der Waals surface area contributed by atoms with Crippen molar-refractivity contribution in [1.29, 1.82) is 0 Å². The number of hydrogen-bond acceptors (Lipinski definition) is 2. The minimum Gasteiger partial charge on any atom is -0.328 e. The van der Waals surface area contributed by atoms with Crippen molar-refractivity contribution in [2.24, 2.45) is 0 Å². The van der Waals surface area contributed by atoms with Gasteiger partial charge >= 0.3 is 0 Å². The minimum absolute atomic E-state index is 0.366. The second-order valence-electron chi connectivity index (χ2n) is 4.04. The Kier molecular flexibility index (Phi) is 2.79. The van der Waals surface area contributed by atoms with Crippen LogP contribution in [0.1, 0.15) is 0 Å². The van der Waals surface area contributed by atoms with Gasteiger partial charge < -0.3 is 4.98 Å². The van der Waals surface area contributed by atoms with E-state index in [1.54, 1.807) is 24.3 Å². The molecule has 1 heterocycles. The fourth-order valence-corrected chi connectivity index (χ4v) is 1.88. The van der Waals surface area contributed by atoms with Crippen molar-refractivity contribution in [1.82, 2.24) is 15.2 Å². The van der Waals surface area contributed by atoms with Gasteiger partial charge in [-0.15, -0.1) is 10.2 Å². The molecule has 94 valence electrons. The Morgan fingerprint density at radius 2 is 1.63 bits per heavy atom. The Balaban J connectivity index is 1.98. The molecule has 2 aromatic carbocycles. The van der Waals surface area contributed by atoms with Crippen molar-refractivity contribution < 1.29 is 8.78 Å². The van der Waals surface area contributed by atoms with Gasteiger partial charge in [-0.2, -0.15) is 0 Å². The molecular weight excluding hydrogens is 248 g/mol. The Bertz CT molecular complexity index is 691. The first-order chi connectivity index (χ1) is 9.24. The van der Waals surface area contributed by atoms with E-state index in [1.807, 2.05) is 0 Å². The van der Waals surface area contributed by atoms with Crippen molar-refractivity contribution in [3.63, 3.8) is 0 Å². The van der Waals surface area contributed by atoms with E-state index in [0.29, 0.717) is 17.0 Å². The summed E-state index contributed by atoms with van der Waals surface area (Å²) in [5.74, 6) is -0.516. The highest BCUT2D eigenvalue weighted by molar-refractivity contribution is 5.68. The maximum absolute atomic E-state index is 13.6. The quantitative estimate of drug-likeness (QED) is 0.764. The summed E-state index contributed by atoms with van der Waals surface area (Å²) in [6.07, 6.45) is 1.49. The molecule has 0 fully saturated rings. The lowest BCUT2D eigenvalue weighted by molar-refractivity contribution is 0.585. The minimum atomic E-state index is -0.584. The smallest absolute Gasteiger partial charge is 0.161 e. The Morgan fingerprint density at radius 1 is 0.895 bits per heavy atom. The van der Waals surface area contributed by atoms with Gasteiger partial charge in [0.1, 0.15) is 18.0 Å². The van der Waals surface area contributed by atoms with Crippen molar-refractivity contribution in [2.45, 2.75) is 0 Å². The second-order valence-corrected chi connectivity index (χ2v) is 4.04. The van der Waals surface area contributed by atoms with Gasteiger partial charge in [-0.3, -0.25) is 0 Å². The number of nitrogens with zero attached hydrogens (tertiary/aromatic N) is 2. The van der Waals surface area contributed by atoms with Crippen LogP contribution in [0.2, 0.25) is 0 Å². The van der Waals surface area contributed by atoms with Crippen LogP contribution >= 0.6 is 0 Å². The van der Waals surface area contributed by atoms with E-state index in [-0.39, 0.29) is 0 Å². The van der Waals surface area contributed by atoms with Gasteiger partial charge in [-0.05, 0) is 17.7 Å². The molecule has 0 unspecified atom stereocenters. The van der Waals surface area contributed by atoms with E-state index >= 15 is 0 Å². The first kappa shape index (κ1) is 11.5. The largest absolute Gasteiger partial charge is 0.328 e. The molecule has 0 radical (unpaired) electrons. The molecule has 0 aliphatic heterocycles. The van der Waals surface area contributed by atoms with E-state index in [1.165, 1.54) is 18.5 Å². The van der Waals surface area contributed by atoms with E-state index in [9.17, 15) is 8.78 Å². The van der Waals surface area contributed by atoms with Gasteiger partial charge in [-0.25, -0.2) is 8.78 Å². The van der Waals surface area contributed by atoms with Crippen LogP contribution in [-0.4, -0.2) is 15.2 Å². The second kappa shape index (κ2) is 4.61. The number of aromatic nitrogens is 3. The lowest BCUT2D eigenvalue weighted by Gasteiger charge is -2.04. The number of H-pyrrole nitrogens is 1. The summed E-state index contributed by atoms with van der Waals surface area (Å²) in [5.41, 5.74) is 1.90. The lowest BCUT2D eigenvalue weighted by Crippen LogP contribution is -1.87. The highest BCUT2D eigenvalue weighted by atomic mass is 19.1. The van der Waals surface area contributed by atoms with E-state index in [2.05, 4.69) is 15.2 Å². The molecule has 3 nitrogen and oxygen atoms in total. The molecule has 3 rings (SSSR count). The van der Waals surface area contributed by atoms with Crippen LogP contribution in [0.25, 0.3) is 22.5 Å². The summed E-state index contributed by atoms with van der Waals surface area (Å²) in [6.45, 7) is 0. The molecule has 0 aliphatic carbocycles. The van der Waals surface area contributed by atoms with Crippen LogP contribution < -0.4 is 0 Å². The number of halogens is 2. The van der Waals surface area contributed by atoms with Crippen molar-refractivity contribution >= 4 is 0 Å². The standard InChI is InChI=1S/C14H9F2N3/c15-11-5-6-12(13(16)7-11)9-1-3-10(4-2-9)14-17-8-18-19-14/h1-8H,(H,17,18,19). The van der Waals surface area contributed by atoms with Gasteiger partial charge in [0, 0.05) is 17.2 Å². The van der Waals surface area contributed by atoms with E-state index in [4.69, 9.17) is 0 Å².